The predicted molar refractivity (Wildman–Crippen MR) is 253 cm³/mol. The van der Waals surface area contributed by atoms with E-state index in [1.54, 1.807) is 0 Å². The van der Waals surface area contributed by atoms with Crippen LogP contribution < -0.4 is 4.90 Å². The van der Waals surface area contributed by atoms with Gasteiger partial charge in [-0.2, -0.15) is 0 Å². The van der Waals surface area contributed by atoms with Gasteiger partial charge in [-0.1, -0.05) is 152 Å². The highest BCUT2D eigenvalue weighted by Crippen LogP contribution is 2.44. The molecule has 0 unspecified atom stereocenters. The van der Waals surface area contributed by atoms with Crippen LogP contribution in [0.25, 0.3) is 99.4 Å². The van der Waals surface area contributed by atoms with Gasteiger partial charge in [0.05, 0.1) is 5.69 Å². The molecule has 286 valence electrons. The Morgan fingerprint density at radius 2 is 0.934 bits per heavy atom. The second-order valence-electron chi connectivity index (χ2n) is 15.5. The number of oxazole rings is 1. The maximum atomic E-state index is 6.47. The Kier molecular flexibility index (Phi) is 8.13. The van der Waals surface area contributed by atoms with Crippen molar-refractivity contribution in [2.75, 3.05) is 4.90 Å². The first kappa shape index (κ1) is 34.8. The van der Waals surface area contributed by atoms with Gasteiger partial charge in [0, 0.05) is 39.3 Å². The first-order valence-corrected chi connectivity index (χ1v) is 20.6. The predicted octanol–water partition coefficient (Wildman–Crippen LogP) is 16.2. The number of hydrogen-bond acceptors (Lipinski definition) is 4. The average molecular weight is 781 g/mol. The van der Waals surface area contributed by atoms with Crippen LogP contribution in [0.3, 0.4) is 0 Å². The molecule has 0 bridgehead atoms. The number of fused-ring (bicyclic) bond motifs is 7. The van der Waals surface area contributed by atoms with Gasteiger partial charge in [-0.25, -0.2) is 4.98 Å². The number of aromatic nitrogens is 1. The molecular formula is C57H36N2O2. The summed E-state index contributed by atoms with van der Waals surface area (Å²) in [6.07, 6.45) is 0. The van der Waals surface area contributed by atoms with E-state index in [2.05, 4.69) is 181 Å². The van der Waals surface area contributed by atoms with Crippen LogP contribution in [-0.4, -0.2) is 4.98 Å². The molecule has 10 aromatic carbocycles. The molecule has 0 radical (unpaired) electrons. The van der Waals surface area contributed by atoms with Gasteiger partial charge in [0.15, 0.2) is 5.58 Å². The SMILES string of the molecule is c1ccc(-c2nc3cc4oc5cccc(-c6ccc(N(c7ccc(-c8cc9ccccc9c9ccccc89)cc7)c7ccccc7-c7ccccc7)cc6)c5c4cc3o2)cc1. The van der Waals surface area contributed by atoms with Crippen LogP contribution in [0.2, 0.25) is 0 Å². The van der Waals surface area contributed by atoms with E-state index in [-0.39, 0.29) is 0 Å². The summed E-state index contributed by atoms with van der Waals surface area (Å²) >= 11 is 0. The lowest BCUT2D eigenvalue weighted by molar-refractivity contribution is 0.620. The second-order valence-corrected chi connectivity index (χ2v) is 15.5. The Bertz CT molecular complexity index is 3570. The van der Waals surface area contributed by atoms with Crippen molar-refractivity contribution < 1.29 is 8.83 Å². The molecule has 0 fully saturated rings. The molecule has 0 saturated heterocycles. The first-order valence-electron chi connectivity index (χ1n) is 20.6. The zero-order chi connectivity index (χ0) is 40.3. The van der Waals surface area contributed by atoms with Crippen LogP contribution in [0.5, 0.6) is 0 Å². The zero-order valence-corrected chi connectivity index (χ0v) is 33.0. The van der Waals surface area contributed by atoms with Gasteiger partial charge in [0.2, 0.25) is 5.89 Å². The number of rotatable bonds is 7. The largest absolute Gasteiger partial charge is 0.456 e. The summed E-state index contributed by atoms with van der Waals surface area (Å²) in [4.78, 5) is 7.17. The molecule has 4 heteroatoms. The van der Waals surface area contributed by atoms with E-state index in [1.807, 2.05) is 42.5 Å². The lowest BCUT2D eigenvalue weighted by Crippen LogP contribution is -2.11. The standard InChI is InChI=1S/C57H36N2O2/c1-3-14-37(15-4-1)45-20-11-12-24-52(45)59(43-32-28-39(29-33-43)49-34-41-18-7-8-19-44(41)47-21-9-10-22-48(47)49)42-30-26-38(27-31-42)46-23-13-25-53-56(46)50-35-55-51(36-54(50)60-53)58-57(61-55)40-16-5-2-6-17-40/h1-36H. The van der Waals surface area contributed by atoms with E-state index in [9.17, 15) is 0 Å². The summed E-state index contributed by atoms with van der Waals surface area (Å²) in [5.74, 6) is 0.596. The van der Waals surface area contributed by atoms with Gasteiger partial charge in [0.25, 0.3) is 0 Å². The third-order valence-electron chi connectivity index (χ3n) is 11.9. The number of benzene rings is 10. The summed E-state index contributed by atoms with van der Waals surface area (Å²) in [5, 5.41) is 7.07. The van der Waals surface area contributed by atoms with Crippen LogP contribution in [0, 0.1) is 0 Å². The zero-order valence-electron chi connectivity index (χ0n) is 33.0. The Labute approximate surface area is 352 Å². The van der Waals surface area contributed by atoms with Crippen LogP contribution >= 0.6 is 0 Å². The van der Waals surface area contributed by atoms with Crippen LogP contribution in [-0.2, 0) is 0 Å². The molecule has 0 aliphatic rings. The quantitative estimate of drug-likeness (QED) is 0.151. The Balaban J connectivity index is 0.972. The van der Waals surface area contributed by atoms with Crippen molar-refractivity contribution >= 4 is 71.6 Å². The topological polar surface area (TPSA) is 42.4 Å². The van der Waals surface area contributed by atoms with Crippen LogP contribution in [0.15, 0.2) is 227 Å². The van der Waals surface area contributed by atoms with Crippen molar-refractivity contribution in [1.29, 1.82) is 0 Å². The van der Waals surface area contributed by atoms with Crippen molar-refractivity contribution in [1.82, 2.24) is 4.98 Å². The van der Waals surface area contributed by atoms with Gasteiger partial charge in [-0.15, -0.1) is 0 Å². The molecule has 0 aliphatic carbocycles. The molecule has 0 aliphatic heterocycles. The molecule has 2 heterocycles. The minimum Gasteiger partial charge on any atom is -0.456 e. The normalized spacial score (nSPS) is 11.6. The highest BCUT2D eigenvalue weighted by Gasteiger charge is 2.20. The van der Waals surface area contributed by atoms with E-state index < -0.39 is 0 Å². The highest BCUT2D eigenvalue weighted by atomic mass is 16.4. The minimum absolute atomic E-state index is 0.596. The molecular weight excluding hydrogens is 745 g/mol. The van der Waals surface area contributed by atoms with E-state index in [0.29, 0.717) is 5.89 Å². The lowest BCUT2D eigenvalue weighted by Gasteiger charge is -2.28. The van der Waals surface area contributed by atoms with E-state index in [1.165, 1.54) is 32.7 Å². The molecule has 0 atom stereocenters. The van der Waals surface area contributed by atoms with Crippen molar-refractivity contribution in [3.05, 3.63) is 218 Å². The maximum Gasteiger partial charge on any atom is 0.227 e. The highest BCUT2D eigenvalue weighted by molar-refractivity contribution is 6.15. The van der Waals surface area contributed by atoms with Crippen molar-refractivity contribution in [3.63, 3.8) is 0 Å². The third-order valence-corrected chi connectivity index (χ3v) is 11.9. The molecule has 0 saturated carbocycles. The third kappa shape index (κ3) is 5.96. The molecule has 0 amide bonds. The van der Waals surface area contributed by atoms with Gasteiger partial charge in [-0.05, 0) is 110 Å². The number of hydrogen-bond donors (Lipinski definition) is 0. The molecule has 4 nitrogen and oxygen atoms in total. The van der Waals surface area contributed by atoms with Crippen molar-refractivity contribution in [3.8, 4) is 44.8 Å². The fourth-order valence-corrected chi connectivity index (χ4v) is 9.02. The monoisotopic (exact) mass is 780 g/mol. The summed E-state index contributed by atoms with van der Waals surface area (Å²) in [6, 6.07) is 77.2. The molecule has 0 N–H and O–H groups in total. The summed E-state index contributed by atoms with van der Waals surface area (Å²) in [7, 11) is 0. The fraction of sp³-hybridized carbons (Fsp3) is 0. The maximum absolute atomic E-state index is 6.47. The van der Waals surface area contributed by atoms with Crippen molar-refractivity contribution in [2.24, 2.45) is 0 Å². The molecule has 0 spiro atoms. The van der Waals surface area contributed by atoms with Gasteiger partial charge < -0.3 is 13.7 Å². The summed E-state index contributed by atoms with van der Waals surface area (Å²) < 4.78 is 12.8. The molecule has 12 aromatic rings. The van der Waals surface area contributed by atoms with Gasteiger partial charge in [-0.3, -0.25) is 0 Å². The van der Waals surface area contributed by atoms with Gasteiger partial charge >= 0.3 is 0 Å². The molecule has 12 rings (SSSR count). The lowest BCUT2D eigenvalue weighted by atomic mass is 9.93. The Hall–Kier alpha value is -8.21. The van der Waals surface area contributed by atoms with E-state index >= 15 is 0 Å². The summed E-state index contributed by atoms with van der Waals surface area (Å²) in [5.41, 5.74) is 14.2. The molecule has 61 heavy (non-hydrogen) atoms. The van der Waals surface area contributed by atoms with Crippen LogP contribution in [0.4, 0.5) is 17.1 Å². The minimum atomic E-state index is 0.596. The average Bonchev–Trinajstić information content (AvgIpc) is 3.92. The fourth-order valence-electron chi connectivity index (χ4n) is 9.02. The van der Waals surface area contributed by atoms with Crippen LogP contribution in [0.1, 0.15) is 0 Å². The van der Waals surface area contributed by atoms with E-state index in [4.69, 9.17) is 13.8 Å². The van der Waals surface area contributed by atoms with Gasteiger partial charge in [0.1, 0.15) is 16.7 Å². The first-order chi connectivity index (χ1) is 30.2. The Morgan fingerprint density at radius 1 is 0.344 bits per heavy atom. The number of nitrogens with zero attached hydrogens (tertiary/aromatic N) is 2. The Morgan fingerprint density at radius 3 is 1.69 bits per heavy atom. The smallest absolute Gasteiger partial charge is 0.227 e. The van der Waals surface area contributed by atoms with E-state index in [0.717, 1.165) is 77.9 Å². The molecule has 2 aromatic heterocycles. The number of para-hydroxylation sites is 1. The van der Waals surface area contributed by atoms with Crippen molar-refractivity contribution in [2.45, 2.75) is 0 Å². The number of furan rings is 1. The second kappa shape index (κ2) is 14.3. The number of anilines is 3. The summed E-state index contributed by atoms with van der Waals surface area (Å²) in [6.45, 7) is 0.